The molecule has 1 N–H and O–H groups in total. The van der Waals surface area contributed by atoms with Crippen molar-refractivity contribution in [3.05, 3.63) is 23.5 Å². The molecule has 27 heavy (non-hydrogen) atoms. The van der Waals surface area contributed by atoms with Gasteiger partial charge in [0.2, 0.25) is 0 Å². The maximum atomic E-state index is 12.5. The van der Waals surface area contributed by atoms with E-state index in [4.69, 9.17) is 4.74 Å². The average Bonchev–Trinajstić information content (AvgIpc) is 3.40. The quantitative estimate of drug-likeness (QED) is 0.824. The molecule has 1 aliphatic carbocycles. The van der Waals surface area contributed by atoms with E-state index < -0.39 is 0 Å². The Labute approximate surface area is 161 Å². The van der Waals surface area contributed by atoms with Crippen LogP contribution in [0.25, 0.3) is 0 Å². The molecule has 1 saturated carbocycles. The fourth-order valence-corrected chi connectivity index (χ4v) is 3.80. The van der Waals surface area contributed by atoms with E-state index in [2.05, 4.69) is 10.3 Å². The van der Waals surface area contributed by atoms with E-state index in [0.717, 1.165) is 24.4 Å². The summed E-state index contributed by atoms with van der Waals surface area (Å²) in [6.07, 6.45) is 3.13. The molecular weight excluding hydrogens is 344 g/mol. The number of aryl methyl sites for hydroxylation is 2. The SMILES string of the molecule is CCc1nc(C)ccc1OCC(=O)N[C@H]1CN(C(=O)N(C)C)C[C@@H]1C1CC1. The van der Waals surface area contributed by atoms with Crippen molar-refractivity contribution in [3.63, 3.8) is 0 Å². The van der Waals surface area contributed by atoms with Gasteiger partial charge in [0.1, 0.15) is 5.75 Å². The smallest absolute Gasteiger partial charge is 0.319 e. The van der Waals surface area contributed by atoms with Crippen LogP contribution in [0.5, 0.6) is 5.75 Å². The lowest BCUT2D eigenvalue weighted by molar-refractivity contribution is -0.124. The fourth-order valence-electron chi connectivity index (χ4n) is 3.80. The predicted molar refractivity (Wildman–Crippen MR) is 103 cm³/mol. The molecule has 2 heterocycles. The normalized spacial score (nSPS) is 21.9. The van der Waals surface area contributed by atoms with Gasteiger partial charge in [-0.1, -0.05) is 6.92 Å². The first-order valence-corrected chi connectivity index (χ1v) is 9.74. The van der Waals surface area contributed by atoms with Crippen LogP contribution in [-0.2, 0) is 11.2 Å². The van der Waals surface area contributed by atoms with E-state index >= 15 is 0 Å². The van der Waals surface area contributed by atoms with Crippen molar-refractivity contribution in [3.8, 4) is 5.75 Å². The van der Waals surface area contributed by atoms with Crippen molar-refractivity contribution in [2.45, 2.75) is 39.2 Å². The van der Waals surface area contributed by atoms with Gasteiger partial charge in [-0.05, 0) is 44.2 Å². The van der Waals surface area contributed by atoms with Crippen LogP contribution < -0.4 is 10.1 Å². The minimum Gasteiger partial charge on any atom is -0.482 e. The highest BCUT2D eigenvalue weighted by atomic mass is 16.5. The highest BCUT2D eigenvalue weighted by molar-refractivity contribution is 5.78. The third-order valence-electron chi connectivity index (χ3n) is 5.36. The molecule has 0 spiro atoms. The van der Waals surface area contributed by atoms with Crippen LogP contribution in [0.2, 0.25) is 0 Å². The van der Waals surface area contributed by atoms with Crippen LogP contribution in [0.1, 0.15) is 31.2 Å². The largest absolute Gasteiger partial charge is 0.482 e. The molecule has 0 aromatic carbocycles. The molecule has 1 aromatic rings. The van der Waals surface area contributed by atoms with Crippen molar-refractivity contribution in [1.29, 1.82) is 0 Å². The standard InChI is InChI=1S/C20H30N4O3/c1-5-16-18(9-6-13(2)21-16)27-12-19(25)22-17-11-24(20(26)23(3)4)10-15(17)14-7-8-14/h6,9,14-15,17H,5,7-8,10-12H2,1-4H3,(H,22,25)/t15-,17+/m1/s1. The number of carbonyl (C=O) groups excluding carboxylic acids is 2. The topological polar surface area (TPSA) is 74.8 Å². The zero-order valence-electron chi connectivity index (χ0n) is 16.7. The van der Waals surface area contributed by atoms with Crippen LogP contribution in [0, 0.1) is 18.8 Å². The molecule has 7 heteroatoms. The van der Waals surface area contributed by atoms with Crippen molar-refractivity contribution >= 4 is 11.9 Å². The second-order valence-electron chi connectivity index (χ2n) is 7.80. The highest BCUT2D eigenvalue weighted by Gasteiger charge is 2.44. The van der Waals surface area contributed by atoms with Crippen LogP contribution in [0.3, 0.4) is 0 Å². The number of aromatic nitrogens is 1. The zero-order chi connectivity index (χ0) is 19.6. The Morgan fingerprint density at radius 3 is 2.67 bits per heavy atom. The molecule has 3 amide bonds. The highest BCUT2D eigenvalue weighted by Crippen LogP contribution is 2.41. The van der Waals surface area contributed by atoms with Gasteiger partial charge in [0, 0.05) is 38.8 Å². The molecule has 0 unspecified atom stereocenters. The van der Waals surface area contributed by atoms with E-state index in [0.29, 0.717) is 24.1 Å². The molecule has 2 atom stereocenters. The molecule has 3 rings (SSSR count). The summed E-state index contributed by atoms with van der Waals surface area (Å²) in [5, 5.41) is 3.10. The number of amides is 3. The molecule has 0 bridgehead atoms. The Morgan fingerprint density at radius 1 is 1.30 bits per heavy atom. The molecule has 148 valence electrons. The molecule has 7 nitrogen and oxygen atoms in total. The van der Waals surface area contributed by atoms with Gasteiger partial charge >= 0.3 is 6.03 Å². The molecule has 1 saturated heterocycles. The summed E-state index contributed by atoms with van der Waals surface area (Å²) >= 11 is 0. The van der Waals surface area contributed by atoms with E-state index in [1.165, 1.54) is 12.8 Å². The maximum Gasteiger partial charge on any atom is 0.319 e. The summed E-state index contributed by atoms with van der Waals surface area (Å²) in [7, 11) is 3.52. The number of hydrogen-bond acceptors (Lipinski definition) is 4. The Balaban J connectivity index is 1.57. The molecule has 2 fully saturated rings. The third kappa shape index (κ3) is 4.70. The van der Waals surface area contributed by atoms with Crippen LogP contribution in [-0.4, -0.2) is 66.6 Å². The Morgan fingerprint density at radius 2 is 2.04 bits per heavy atom. The number of carbonyl (C=O) groups is 2. The van der Waals surface area contributed by atoms with Crippen LogP contribution in [0.4, 0.5) is 4.79 Å². The number of ether oxygens (including phenoxy) is 1. The lowest BCUT2D eigenvalue weighted by Crippen LogP contribution is -2.44. The van der Waals surface area contributed by atoms with E-state index in [-0.39, 0.29) is 24.6 Å². The number of nitrogens with one attached hydrogen (secondary N) is 1. The monoisotopic (exact) mass is 374 g/mol. The number of nitrogens with zero attached hydrogens (tertiary/aromatic N) is 3. The van der Waals surface area contributed by atoms with Gasteiger partial charge in [-0.15, -0.1) is 0 Å². The average molecular weight is 374 g/mol. The fraction of sp³-hybridized carbons (Fsp3) is 0.650. The van der Waals surface area contributed by atoms with Crippen molar-refractivity contribution < 1.29 is 14.3 Å². The molecule has 1 aromatic heterocycles. The minimum absolute atomic E-state index is 0.000659. The van der Waals surface area contributed by atoms with E-state index in [1.54, 1.807) is 19.0 Å². The summed E-state index contributed by atoms with van der Waals surface area (Å²) in [5.41, 5.74) is 1.80. The first kappa shape index (κ1) is 19.5. The van der Waals surface area contributed by atoms with Crippen molar-refractivity contribution in [2.75, 3.05) is 33.8 Å². The first-order valence-electron chi connectivity index (χ1n) is 9.74. The van der Waals surface area contributed by atoms with E-state index in [1.807, 2.05) is 30.9 Å². The summed E-state index contributed by atoms with van der Waals surface area (Å²) < 4.78 is 5.72. The summed E-state index contributed by atoms with van der Waals surface area (Å²) in [4.78, 5) is 32.6. The minimum atomic E-state index is -0.146. The lowest BCUT2D eigenvalue weighted by Gasteiger charge is -2.21. The van der Waals surface area contributed by atoms with Crippen molar-refractivity contribution in [2.24, 2.45) is 11.8 Å². The van der Waals surface area contributed by atoms with Gasteiger partial charge in [-0.3, -0.25) is 9.78 Å². The van der Waals surface area contributed by atoms with Gasteiger partial charge in [-0.2, -0.15) is 0 Å². The summed E-state index contributed by atoms with van der Waals surface area (Å²) in [6.45, 7) is 5.21. The van der Waals surface area contributed by atoms with Crippen LogP contribution in [0.15, 0.2) is 12.1 Å². The van der Waals surface area contributed by atoms with Gasteiger partial charge in [0.05, 0.1) is 11.7 Å². The van der Waals surface area contributed by atoms with Crippen LogP contribution >= 0.6 is 0 Å². The predicted octanol–water partition coefficient (Wildman–Crippen LogP) is 1.84. The lowest BCUT2D eigenvalue weighted by atomic mass is 9.98. The number of urea groups is 1. The Bertz CT molecular complexity index is 702. The Kier molecular flexibility index (Phi) is 5.87. The summed E-state index contributed by atoms with van der Waals surface area (Å²) in [6, 6.07) is 3.76. The molecule has 0 radical (unpaired) electrons. The number of rotatable bonds is 6. The second kappa shape index (κ2) is 8.15. The third-order valence-corrected chi connectivity index (χ3v) is 5.36. The Hall–Kier alpha value is -2.31. The molecule has 2 aliphatic rings. The second-order valence-corrected chi connectivity index (χ2v) is 7.80. The number of hydrogen-bond donors (Lipinski definition) is 1. The van der Waals surface area contributed by atoms with Gasteiger partial charge in [-0.25, -0.2) is 4.79 Å². The van der Waals surface area contributed by atoms with Crippen molar-refractivity contribution in [1.82, 2.24) is 20.1 Å². The summed E-state index contributed by atoms with van der Waals surface area (Å²) in [5.74, 6) is 1.47. The van der Waals surface area contributed by atoms with Gasteiger partial charge < -0.3 is 19.9 Å². The maximum absolute atomic E-state index is 12.5. The first-order chi connectivity index (χ1) is 12.9. The number of likely N-dealkylation sites (tertiary alicyclic amines) is 1. The molecular formula is C20H30N4O3. The van der Waals surface area contributed by atoms with Gasteiger partial charge in [0.15, 0.2) is 6.61 Å². The molecule has 1 aliphatic heterocycles. The zero-order valence-corrected chi connectivity index (χ0v) is 16.7. The number of pyridine rings is 1. The van der Waals surface area contributed by atoms with Gasteiger partial charge in [0.25, 0.3) is 5.91 Å². The van der Waals surface area contributed by atoms with E-state index in [9.17, 15) is 9.59 Å².